The van der Waals surface area contributed by atoms with Crippen LogP contribution in [0.2, 0.25) is 0 Å². The van der Waals surface area contributed by atoms with Gasteiger partial charge >= 0.3 is 0 Å². The van der Waals surface area contributed by atoms with Gasteiger partial charge in [-0.15, -0.1) is 54.1 Å². The molecular formula is C42H28IrN4O-2. The van der Waals surface area contributed by atoms with Crippen molar-refractivity contribution < 1.29 is 24.5 Å². The fourth-order valence-electron chi connectivity index (χ4n) is 5.96. The van der Waals surface area contributed by atoms with E-state index in [1.54, 1.807) is 6.20 Å². The largest absolute Gasteiger partial charge is 0.501 e. The van der Waals surface area contributed by atoms with Crippen LogP contribution in [0.1, 0.15) is 5.69 Å². The first kappa shape index (κ1) is 30.9. The second kappa shape index (κ2) is 13.6. The number of hydrogen-bond donors (Lipinski definition) is 0. The second-order valence-electron chi connectivity index (χ2n) is 11.1. The van der Waals surface area contributed by atoms with Gasteiger partial charge < -0.3 is 14.0 Å². The Bertz CT molecular complexity index is 2420. The number of aromatic nitrogens is 4. The Morgan fingerprint density at radius 3 is 2.17 bits per heavy atom. The zero-order chi connectivity index (χ0) is 31.6. The van der Waals surface area contributed by atoms with Crippen molar-refractivity contribution in [2.45, 2.75) is 6.92 Å². The number of hydrogen-bond acceptors (Lipinski definition) is 4. The fraction of sp³-hybridized carbons (Fsp3) is 0.0238. The maximum absolute atomic E-state index is 6.35. The van der Waals surface area contributed by atoms with Gasteiger partial charge in [-0.1, -0.05) is 89.8 Å². The average Bonchev–Trinajstić information content (AvgIpc) is 3.73. The molecule has 0 aliphatic carbocycles. The summed E-state index contributed by atoms with van der Waals surface area (Å²) in [5, 5.41) is 2.14. The number of para-hydroxylation sites is 2. The summed E-state index contributed by atoms with van der Waals surface area (Å²) < 4.78 is 8.52. The molecule has 6 heteroatoms. The number of nitrogens with zero attached hydrogens (tertiary/aromatic N) is 4. The molecule has 9 aromatic rings. The zero-order valence-electron chi connectivity index (χ0n) is 26.0. The van der Waals surface area contributed by atoms with Gasteiger partial charge in [-0.25, -0.2) is 0 Å². The number of pyridine rings is 2. The first-order chi connectivity index (χ1) is 23.2. The Labute approximate surface area is 291 Å². The van der Waals surface area contributed by atoms with Crippen molar-refractivity contribution in [3.05, 3.63) is 170 Å². The summed E-state index contributed by atoms with van der Waals surface area (Å²) in [6.07, 6.45) is 1.79. The molecule has 0 atom stereocenters. The Morgan fingerprint density at radius 2 is 1.40 bits per heavy atom. The van der Waals surface area contributed by atoms with E-state index in [2.05, 4.69) is 64.1 Å². The molecular weight excluding hydrogens is 769 g/mol. The Morgan fingerprint density at radius 1 is 0.646 bits per heavy atom. The van der Waals surface area contributed by atoms with Gasteiger partial charge in [0.1, 0.15) is 5.58 Å². The molecule has 233 valence electrons. The summed E-state index contributed by atoms with van der Waals surface area (Å²) in [4.78, 5) is 14.3. The molecule has 0 saturated heterocycles. The van der Waals surface area contributed by atoms with Gasteiger partial charge in [0.25, 0.3) is 0 Å². The summed E-state index contributed by atoms with van der Waals surface area (Å²) >= 11 is 0. The maximum Gasteiger partial charge on any atom is 0.120 e. The van der Waals surface area contributed by atoms with Crippen LogP contribution < -0.4 is 0 Å². The van der Waals surface area contributed by atoms with E-state index in [4.69, 9.17) is 14.4 Å². The second-order valence-corrected chi connectivity index (χ2v) is 11.1. The van der Waals surface area contributed by atoms with Crippen molar-refractivity contribution in [2.75, 3.05) is 0 Å². The number of rotatable bonds is 4. The molecule has 0 unspecified atom stereocenters. The van der Waals surface area contributed by atoms with Crippen molar-refractivity contribution >= 4 is 33.0 Å². The van der Waals surface area contributed by atoms with Crippen molar-refractivity contribution in [1.82, 2.24) is 19.5 Å². The first-order valence-corrected chi connectivity index (χ1v) is 15.5. The van der Waals surface area contributed by atoms with Crippen molar-refractivity contribution in [3.8, 4) is 39.6 Å². The first-order valence-electron chi connectivity index (χ1n) is 15.5. The molecule has 5 aromatic carbocycles. The Hall–Kier alpha value is -5.68. The molecule has 9 rings (SSSR count). The summed E-state index contributed by atoms with van der Waals surface area (Å²) in [6.45, 7) is 2.05. The van der Waals surface area contributed by atoms with Gasteiger partial charge in [0.15, 0.2) is 0 Å². The summed E-state index contributed by atoms with van der Waals surface area (Å²) in [6, 6.07) is 54.9. The van der Waals surface area contributed by atoms with Crippen molar-refractivity contribution in [2.24, 2.45) is 0 Å². The van der Waals surface area contributed by atoms with Crippen LogP contribution >= 0.6 is 0 Å². The number of benzene rings is 5. The predicted molar refractivity (Wildman–Crippen MR) is 189 cm³/mol. The standard InChI is InChI=1S/C31H20N3O.C11H8N.Ir/c1-20-29-27(19-26(32-20)21-11-4-2-5-12-21)33-31(34(29)22-13-6-3-7-14-22)25-17-10-16-24-23-15-8-9-18-28(23)35-30(24)25;1-2-6-10(7-3-1)11-8-4-5-9-12-11;/h2-16,18-19H,1H3;1-6,8-9H;/q2*-1;. The molecule has 0 saturated carbocycles. The van der Waals surface area contributed by atoms with E-state index in [0.29, 0.717) is 0 Å². The number of aryl methyl sites for hydroxylation is 1. The third-order valence-electron chi connectivity index (χ3n) is 8.10. The van der Waals surface area contributed by atoms with Gasteiger partial charge in [-0.3, -0.25) is 9.97 Å². The topological polar surface area (TPSA) is 56.7 Å². The molecule has 0 spiro atoms. The van der Waals surface area contributed by atoms with Gasteiger partial charge in [0.2, 0.25) is 0 Å². The number of imidazole rings is 1. The quantitative estimate of drug-likeness (QED) is 0.167. The van der Waals surface area contributed by atoms with Crippen molar-refractivity contribution in [3.63, 3.8) is 0 Å². The summed E-state index contributed by atoms with van der Waals surface area (Å²) in [5.74, 6) is 0.783. The SMILES string of the molecule is Cc1nc(-c2ccccc2)cc2nc(-c3[c-]ccc4c3oc3ccccc34)n(-c3ccccc3)c12.[Ir].[c-]1ccccc1-c1ccccn1. The zero-order valence-corrected chi connectivity index (χ0v) is 28.4. The Balaban J connectivity index is 0.000000237. The maximum atomic E-state index is 6.35. The minimum Gasteiger partial charge on any atom is -0.501 e. The van der Waals surface area contributed by atoms with Crippen LogP contribution in [0.4, 0.5) is 0 Å². The van der Waals surface area contributed by atoms with E-state index in [1.165, 1.54) is 0 Å². The monoisotopic (exact) mass is 797 g/mol. The molecule has 0 N–H and O–H groups in total. The number of fused-ring (bicyclic) bond motifs is 4. The van der Waals surface area contributed by atoms with E-state index in [-0.39, 0.29) is 20.1 Å². The van der Waals surface area contributed by atoms with Gasteiger partial charge in [-0.05, 0) is 42.9 Å². The van der Waals surface area contributed by atoms with E-state index in [9.17, 15) is 0 Å². The molecule has 5 nitrogen and oxygen atoms in total. The molecule has 48 heavy (non-hydrogen) atoms. The van der Waals surface area contributed by atoms with E-state index in [0.717, 1.165) is 78.3 Å². The van der Waals surface area contributed by atoms with Crippen LogP contribution in [0.5, 0.6) is 0 Å². The summed E-state index contributed by atoms with van der Waals surface area (Å²) in [7, 11) is 0. The smallest absolute Gasteiger partial charge is 0.120 e. The van der Waals surface area contributed by atoms with E-state index < -0.39 is 0 Å². The van der Waals surface area contributed by atoms with Crippen LogP contribution in [0.3, 0.4) is 0 Å². The third-order valence-corrected chi connectivity index (χ3v) is 8.10. The van der Waals surface area contributed by atoms with Gasteiger partial charge in [0.05, 0.1) is 33.8 Å². The van der Waals surface area contributed by atoms with Crippen LogP contribution in [0, 0.1) is 19.1 Å². The normalized spacial score (nSPS) is 10.9. The summed E-state index contributed by atoms with van der Waals surface area (Å²) in [5.41, 5.74) is 10.3. The predicted octanol–water partition coefficient (Wildman–Crippen LogP) is 10.3. The fourth-order valence-corrected chi connectivity index (χ4v) is 5.96. The average molecular weight is 797 g/mol. The molecule has 4 aromatic heterocycles. The van der Waals surface area contributed by atoms with E-state index >= 15 is 0 Å². The molecule has 4 heterocycles. The Kier molecular flexibility index (Phi) is 8.76. The van der Waals surface area contributed by atoms with Gasteiger partial charge in [-0.2, -0.15) is 0 Å². The van der Waals surface area contributed by atoms with Crippen LogP contribution in [0.25, 0.3) is 72.6 Å². The van der Waals surface area contributed by atoms with Crippen molar-refractivity contribution in [1.29, 1.82) is 0 Å². The minimum atomic E-state index is 0. The van der Waals surface area contributed by atoms with Gasteiger partial charge in [0, 0.05) is 42.9 Å². The third kappa shape index (κ3) is 5.84. The molecule has 1 radical (unpaired) electrons. The molecule has 0 aliphatic rings. The minimum absolute atomic E-state index is 0. The van der Waals surface area contributed by atoms with E-state index in [1.807, 2.05) is 110 Å². The van der Waals surface area contributed by atoms with Crippen LogP contribution in [-0.4, -0.2) is 19.5 Å². The number of furan rings is 1. The molecule has 0 amide bonds. The van der Waals surface area contributed by atoms with Crippen LogP contribution in [-0.2, 0) is 20.1 Å². The molecule has 0 aliphatic heterocycles. The molecule has 0 bridgehead atoms. The van der Waals surface area contributed by atoms with Crippen LogP contribution in [0.15, 0.2) is 156 Å². The molecule has 0 fully saturated rings.